The van der Waals surface area contributed by atoms with Gasteiger partial charge in [-0.15, -0.1) is 11.8 Å². The number of hydrogen-bond donors (Lipinski definition) is 1. The smallest absolute Gasteiger partial charge is 0.429 e. The molecule has 0 atom stereocenters. The number of ether oxygens (including phenoxy) is 1. The van der Waals surface area contributed by atoms with E-state index in [-0.39, 0.29) is 18.4 Å². The lowest BCUT2D eigenvalue weighted by atomic mass is 10.2. The maximum atomic E-state index is 12.3. The summed E-state index contributed by atoms with van der Waals surface area (Å²) in [6.45, 7) is 2.65. The van der Waals surface area contributed by atoms with Crippen molar-refractivity contribution in [1.29, 1.82) is 0 Å². The van der Waals surface area contributed by atoms with Crippen molar-refractivity contribution < 1.29 is 19.1 Å². The number of nitrogens with zero attached hydrogens (tertiary/aromatic N) is 2. The van der Waals surface area contributed by atoms with Crippen molar-refractivity contribution in [2.24, 2.45) is 0 Å². The Bertz CT molecular complexity index is 597. The van der Waals surface area contributed by atoms with E-state index < -0.39 is 6.09 Å². The van der Waals surface area contributed by atoms with Crippen molar-refractivity contribution in [2.45, 2.75) is 26.4 Å². The Morgan fingerprint density at radius 3 is 2.60 bits per heavy atom. The molecule has 0 unspecified atom stereocenters. The molecule has 136 valence electrons. The van der Waals surface area contributed by atoms with Gasteiger partial charge in [-0.3, -0.25) is 9.59 Å². The van der Waals surface area contributed by atoms with E-state index in [1.54, 1.807) is 0 Å². The molecule has 0 aromatic heterocycles. The summed E-state index contributed by atoms with van der Waals surface area (Å²) >= 11 is 1.47. The molecule has 7 nitrogen and oxygen atoms in total. The molecule has 1 aromatic carbocycles. The molecule has 2 rings (SSSR count). The Kier molecular flexibility index (Phi) is 7.59. The molecular weight excluding hydrogens is 342 g/mol. The van der Waals surface area contributed by atoms with Crippen LogP contribution in [0.15, 0.2) is 30.3 Å². The summed E-state index contributed by atoms with van der Waals surface area (Å²) in [6, 6.07) is 9.43. The fraction of sp³-hybridized carbons (Fsp3) is 0.471. The van der Waals surface area contributed by atoms with Gasteiger partial charge in [0.25, 0.3) is 0 Å². The molecule has 0 spiro atoms. The van der Waals surface area contributed by atoms with Crippen molar-refractivity contribution >= 4 is 29.7 Å². The zero-order chi connectivity index (χ0) is 18.1. The first kappa shape index (κ1) is 19.1. The lowest BCUT2D eigenvalue weighted by Crippen LogP contribution is -2.45. The molecule has 0 aliphatic carbocycles. The molecule has 3 amide bonds. The zero-order valence-corrected chi connectivity index (χ0v) is 15.1. The number of carbonyl (C=O) groups is 3. The normalized spacial score (nSPS) is 13.6. The predicted molar refractivity (Wildman–Crippen MR) is 95.4 cm³/mol. The van der Waals surface area contributed by atoms with Gasteiger partial charge in [0.05, 0.1) is 5.88 Å². The highest BCUT2D eigenvalue weighted by molar-refractivity contribution is 7.99. The summed E-state index contributed by atoms with van der Waals surface area (Å²) in [5.74, 6) is 0.865. The molecule has 1 heterocycles. The van der Waals surface area contributed by atoms with Gasteiger partial charge in [-0.25, -0.2) is 14.8 Å². The van der Waals surface area contributed by atoms with E-state index in [4.69, 9.17) is 4.74 Å². The van der Waals surface area contributed by atoms with E-state index in [1.165, 1.54) is 28.7 Å². The van der Waals surface area contributed by atoms with Crippen LogP contribution in [0.25, 0.3) is 0 Å². The molecule has 25 heavy (non-hydrogen) atoms. The lowest BCUT2D eigenvalue weighted by molar-refractivity contribution is -0.141. The van der Waals surface area contributed by atoms with E-state index in [0.29, 0.717) is 31.1 Å². The van der Waals surface area contributed by atoms with Crippen molar-refractivity contribution in [2.75, 3.05) is 24.7 Å². The third-order valence-corrected chi connectivity index (χ3v) is 4.46. The summed E-state index contributed by atoms with van der Waals surface area (Å²) in [4.78, 5) is 35.3. The summed E-state index contributed by atoms with van der Waals surface area (Å²) in [5.41, 5.74) is 0.905. The van der Waals surface area contributed by atoms with Crippen LogP contribution in [0.1, 0.15) is 25.3 Å². The molecule has 1 saturated heterocycles. The minimum Gasteiger partial charge on any atom is -0.443 e. The molecule has 1 N–H and O–H groups in total. The van der Waals surface area contributed by atoms with Crippen LogP contribution in [0, 0.1) is 0 Å². The average molecular weight is 365 g/mol. The predicted octanol–water partition coefficient (Wildman–Crippen LogP) is 1.99. The topological polar surface area (TPSA) is 79.0 Å². The van der Waals surface area contributed by atoms with E-state index in [0.717, 1.165) is 12.0 Å². The molecule has 1 aliphatic heterocycles. The molecule has 0 saturated carbocycles. The minimum absolute atomic E-state index is 0.0919. The Labute approximate surface area is 151 Å². The SMILES string of the molecule is CC(=O)NCSCCC(=O)N1CCCN1C(=O)OCc1ccccc1. The molecule has 1 aliphatic rings. The highest BCUT2D eigenvalue weighted by Crippen LogP contribution is 2.15. The van der Waals surface area contributed by atoms with Crippen molar-refractivity contribution in [3.8, 4) is 0 Å². The van der Waals surface area contributed by atoms with Gasteiger partial charge in [-0.1, -0.05) is 30.3 Å². The fourth-order valence-electron chi connectivity index (χ4n) is 2.37. The van der Waals surface area contributed by atoms with Gasteiger partial charge in [0.1, 0.15) is 6.61 Å². The molecule has 8 heteroatoms. The van der Waals surface area contributed by atoms with Crippen LogP contribution in [0.4, 0.5) is 4.79 Å². The van der Waals surface area contributed by atoms with Gasteiger partial charge < -0.3 is 10.1 Å². The number of hydrogen-bond acceptors (Lipinski definition) is 5. The summed E-state index contributed by atoms with van der Waals surface area (Å²) in [7, 11) is 0. The molecule has 1 fully saturated rings. The Morgan fingerprint density at radius 1 is 1.16 bits per heavy atom. The number of thioether (sulfide) groups is 1. The third-order valence-electron chi connectivity index (χ3n) is 3.62. The highest BCUT2D eigenvalue weighted by atomic mass is 32.2. The van der Waals surface area contributed by atoms with Crippen LogP contribution in [0.3, 0.4) is 0 Å². The number of hydrazine groups is 1. The Balaban J connectivity index is 1.75. The molecular formula is C17H23N3O4S. The molecule has 1 aromatic rings. The molecule has 0 radical (unpaired) electrons. The van der Waals surface area contributed by atoms with E-state index in [2.05, 4.69) is 5.32 Å². The Morgan fingerprint density at radius 2 is 1.88 bits per heavy atom. The van der Waals surface area contributed by atoms with Crippen molar-refractivity contribution in [1.82, 2.24) is 15.3 Å². The first-order chi connectivity index (χ1) is 12.1. The molecule has 0 bridgehead atoms. The summed E-state index contributed by atoms with van der Waals surface area (Å²) < 4.78 is 5.30. The number of carbonyl (C=O) groups excluding carboxylic acids is 3. The maximum absolute atomic E-state index is 12.3. The van der Waals surface area contributed by atoms with Crippen molar-refractivity contribution in [3.63, 3.8) is 0 Å². The second-order valence-corrected chi connectivity index (χ2v) is 6.67. The van der Waals surface area contributed by atoms with Crippen LogP contribution in [0.2, 0.25) is 0 Å². The largest absolute Gasteiger partial charge is 0.443 e. The van der Waals surface area contributed by atoms with Gasteiger partial charge in [0, 0.05) is 32.2 Å². The van der Waals surface area contributed by atoms with Gasteiger partial charge >= 0.3 is 6.09 Å². The quantitative estimate of drug-likeness (QED) is 0.590. The maximum Gasteiger partial charge on any atom is 0.429 e. The van der Waals surface area contributed by atoms with Crippen LogP contribution < -0.4 is 5.32 Å². The highest BCUT2D eigenvalue weighted by Gasteiger charge is 2.31. The third kappa shape index (κ3) is 6.30. The lowest BCUT2D eigenvalue weighted by Gasteiger charge is -2.27. The van der Waals surface area contributed by atoms with E-state index >= 15 is 0 Å². The fourth-order valence-corrected chi connectivity index (χ4v) is 3.14. The standard InChI is InChI=1S/C17H23N3O4S/c1-14(21)18-13-25-11-8-16(22)19-9-5-10-20(19)17(23)24-12-15-6-3-2-4-7-15/h2-4,6-7H,5,8-13H2,1H3,(H,18,21). The zero-order valence-electron chi connectivity index (χ0n) is 14.3. The first-order valence-electron chi connectivity index (χ1n) is 8.18. The first-order valence-corrected chi connectivity index (χ1v) is 9.34. The number of benzene rings is 1. The van der Waals surface area contributed by atoms with Gasteiger partial charge in [0.15, 0.2) is 0 Å². The summed E-state index contributed by atoms with van der Waals surface area (Å²) in [6.07, 6.45) is 0.554. The van der Waals surface area contributed by atoms with E-state index in [9.17, 15) is 14.4 Å². The Hall–Kier alpha value is -2.22. The second kappa shape index (κ2) is 9.93. The average Bonchev–Trinajstić information content (AvgIpc) is 3.10. The second-order valence-electron chi connectivity index (χ2n) is 5.57. The monoisotopic (exact) mass is 365 g/mol. The number of amides is 3. The van der Waals surface area contributed by atoms with Gasteiger partial charge in [-0.2, -0.15) is 0 Å². The van der Waals surface area contributed by atoms with Gasteiger partial charge in [-0.05, 0) is 12.0 Å². The van der Waals surface area contributed by atoms with Crippen molar-refractivity contribution in [3.05, 3.63) is 35.9 Å². The minimum atomic E-state index is -0.499. The van der Waals surface area contributed by atoms with Crippen LogP contribution in [0.5, 0.6) is 0 Å². The number of nitrogens with one attached hydrogen (secondary N) is 1. The van der Waals surface area contributed by atoms with Crippen LogP contribution >= 0.6 is 11.8 Å². The van der Waals surface area contributed by atoms with Crippen LogP contribution in [-0.4, -0.2) is 52.6 Å². The van der Waals surface area contributed by atoms with E-state index in [1.807, 2.05) is 30.3 Å². The van der Waals surface area contributed by atoms with Gasteiger partial charge in [0.2, 0.25) is 11.8 Å². The van der Waals surface area contributed by atoms with Crippen LogP contribution in [-0.2, 0) is 20.9 Å². The summed E-state index contributed by atoms with van der Waals surface area (Å²) in [5, 5.41) is 5.51. The number of rotatable bonds is 7.